The maximum atomic E-state index is 12.5. The summed E-state index contributed by atoms with van der Waals surface area (Å²) in [7, 11) is -2.22. The molecule has 2 aromatic carbocycles. The molecule has 0 unspecified atom stereocenters. The second-order valence-electron chi connectivity index (χ2n) is 6.16. The van der Waals surface area contributed by atoms with Crippen LogP contribution in [-0.4, -0.2) is 44.8 Å². The number of nitrogens with zero attached hydrogens (tertiary/aromatic N) is 1. The van der Waals surface area contributed by atoms with E-state index >= 15 is 0 Å². The van der Waals surface area contributed by atoms with Crippen molar-refractivity contribution in [2.45, 2.75) is 17.7 Å². The molecule has 8 heteroatoms. The number of nitrogens with one attached hydrogen (secondary N) is 1. The molecule has 0 saturated carbocycles. The Labute approximate surface area is 158 Å². The van der Waals surface area contributed by atoms with E-state index in [1.54, 1.807) is 18.2 Å². The van der Waals surface area contributed by atoms with Gasteiger partial charge in [-0.05, 0) is 55.3 Å². The summed E-state index contributed by atoms with van der Waals surface area (Å²) in [5.74, 6) is -0.898. The summed E-state index contributed by atoms with van der Waals surface area (Å²) >= 11 is 0. The van der Waals surface area contributed by atoms with Gasteiger partial charge in [-0.3, -0.25) is 4.79 Å². The molecule has 1 heterocycles. The zero-order chi connectivity index (χ0) is 19.4. The average Bonchev–Trinajstić information content (AvgIpc) is 3.23. The topological polar surface area (TPSA) is 92.8 Å². The van der Waals surface area contributed by atoms with Crippen LogP contribution in [0.15, 0.2) is 53.4 Å². The van der Waals surface area contributed by atoms with E-state index in [9.17, 15) is 18.0 Å². The number of ether oxygens (including phenoxy) is 1. The second kappa shape index (κ2) is 7.89. The van der Waals surface area contributed by atoms with Crippen LogP contribution < -0.4 is 5.32 Å². The molecule has 0 radical (unpaired) electrons. The summed E-state index contributed by atoms with van der Waals surface area (Å²) < 4.78 is 31.2. The van der Waals surface area contributed by atoms with E-state index in [2.05, 4.69) is 10.1 Å². The number of hydrogen-bond donors (Lipinski definition) is 1. The third-order valence-electron chi connectivity index (χ3n) is 4.36. The predicted molar refractivity (Wildman–Crippen MR) is 100 cm³/mol. The molecule has 0 bridgehead atoms. The van der Waals surface area contributed by atoms with Gasteiger partial charge >= 0.3 is 5.97 Å². The predicted octanol–water partition coefficient (Wildman–Crippen LogP) is 2.51. The van der Waals surface area contributed by atoms with Gasteiger partial charge in [0, 0.05) is 24.3 Å². The van der Waals surface area contributed by atoms with Gasteiger partial charge in [0.05, 0.1) is 17.6 Å². The molecule has 0 spiro atoms. The molecule has 1 N–H and O–H groups in total. The molecule has 7 nitrogen and oxygen atoms in total. The highest BCUT2D eigenvalue weighted by atomic mass is 32.2. The van der Waals surface area contributed by atoms with Crippen molar-refractivity contribution in [1.29, 1.82) is 0 Å². The first kappa shape index (κ1) is 19.1. The summed E-state index contributed by atoms with van der Waals surface area (Å²) in [6.45, 7) is 1.06. The van der Waals surface area contributed by atoms with Crippen LogP contribution in [0.4, 0.5) is 5.69 Å². The lowest BCUT2D eigenvalue weighted by molar-refractivity contribution is 0.0600. The van der Waals surface area contributed by atoms with E-state index in [-0.39, 0.29) is 4.90 Å². The van der Waals surface area contributed by atoms with Crippen molar-refractivity contribution in [3.63, 3.8) is 0 Å². The van der Waals surface area contributed by atoms with Crippen LogP contribution in [-0.2, 0) is 14.8 Å². The maximum Gasteiger partial charge on any atom is 0.337 e. The minimum Gasteiger partial charge on any atom is -0.465 e. The lowest BCUT2D eigenvalue weighted by Gasteiger charge is -2.15. The van der Waals surface area contributed by atoms with Crippen LogP contribution in [0.5, 0.6) is 0 Å². The Balaban J connectivity index is 1.74. The van der Waals surface area contributed by atoms with Gasteiger partial charge in [0.15, 0.2) is 0 Å². The number of amides is 1. The van der Waals surface area contributed by atoms with Gasteiger partial charge in [-0.25, -0.2) is 13.2 Å². The summed E-state index contributed by atoms with van der Waals surface area (Å²) in [5.41, 5.74) is 1.08. The van der Waals surface area contributed by atoms with E-state index in [1.165, 1.54) is 41.7 Å². The van der Waals surface area contributed by atoms with Crippen molar-refractivity contribution in [3.8, 4) is 0 Å². The van der Waals surface area contributed by atoms with Gasteiger partial charge < -0.3 is 10.1 Å². The number of esters is 1. The lowest BCUT2D eigenvalue weighted by atomic mass is 10.1. The SMILES string of the molecule is COC(=O)c1cccc(NC(=O)c2ccc(S(=O)(=O)N3CCCC3)cc2)c1. The van der Waals surface area contributed by atoms with Crippen molar-refractivity contribution in [2.75, 3.05) is 25.5 Å². The molecule has 2 aromatic rings. The third-order valence-corrected chi connectivity index (χ3v) is 6.27. The number of carbonyl (C=O) groups is 2. The van der Waals surface area contributed by atoms with Gasteiger partial charge in [0.2, 0.25) is 10.0 Å². The van der Waals surface area contributed by atoms with Gasteiger partial charge in [-0.15, -0.1) is 0 Å². The van der Waals surface area contributed by atoms with E-state index < -0.39 is 21.9 Å². The van der Waals surface area contributed by atoms with E-state index in [0.29, 0.717) is 29.9 Å². The van der Waals surface area contributed by atoms with Crippen LogP contribution in [0.1, 0.15) is 33.6 Å². The number of methoxy groups -OCH3 is 1. The average molecular weight is 388 g/mol. The summed E-state index contributed by atoms with van der Waals surface area (Å²) in [6.07, 6.45) is 1.73. The summed E-state index contributed by atoms with van der Waals surface area (Å²) in [5, 5.41) is 2.68. The molecule has 0 atom stereocenters. The Morgan fingerprint density at radius 2 is 1.67 bits per heavy atom. The van der Waals surface area contributed by atoms with Crippen molar-refractivity contribution in [1.82, 2.24) is 4.31 Å². The Hall–Kier alpha value is -2.71. The normalized spacial score (nSPS) is 14.7. The van der Waals surface area contributed by atoms with Gasteiger partial charge in [0.25, 0.3) is 5.91 Å². The first-order chi connectivity index (χ1) is 12.9. The summed E-state index contributed by atoms with van der Waals surface area (Å²) in [4.78, 5) is 24.1. The fraction of sp³-hybridized carbons (Fsp3) is 0.263. The molecule has 142 valence electrons. The molecule has 1 saturated heterocycles. The second-order valence-corrected chi connectivity index (χ2v) is 8.10. The van der Waals surface area contributed by atoms with E-state index in [1.807, 2.05) is 0 Å². The Morgan fingerprint density at radius 1 is 1.00 bits per heavy atom. The minimum absolute atomic E-state index is 0.175. The highest BCUT2D eigenvalue weighted by Crippen LogP contribution is 2.21. The molecule has 0 aromatic heterocycles. The molecule has 27 heavy (non-hydrogen) atoms. The monoisotopic (exact) mass is 388 g/mol. The number of hydrogen-bond acceptors (Lipinski definition) is 5. The van der Waals surface area contributed by atoms with Crippen LogP contribution >= 0.6 is 0 Å². The fourth-order valence-corrected chi connectivity index (χ4v) is 4.42. The maximum absolute atomic E-state index is 12.5. The molecule has 1 fully saturated rings. The van der Waals surface area contributed by atoms with Crippen molar-refractivity contribution >= 4 is 27.6 Å². The third kappa shape index (κ3) is 4.17. The van der Waals surface area contributed by atoms with Crippen LogP contribution in [0, 0.1) is 0 Å². The van der Waals surface area contributed by atoms with Gasteiger partial charge in [-0.2, -0.15) is 4.31 Å². The van der Waals surface area contributed by atoms with Crippen LogP contribution in [0.3, 0.4) is 0 Å². The van der Waals surface area contributed by atoms with Crippen LogP contribution in [0.2, 0.25) is 0 Å². The standard InChI is InChI=1S/C19H20N2O5S/c1-26-19(23)15-5-4-6-16(13-15)20-18(22)14-7-9-17(10-8-14)27(24,25)21-11-2-3-12-21/h4-10,13H,2-3,11-12H2,1H3,(H,20,22). The van der Waals surface area contributed by atoms with E-state index in [0.717, 1.165) is 12.8 Å². The Bertz CT molecular complexity index is 948. The van der Waals surface area contributed by atoms with Crippen molar-refractivity contribution < 1.29 is 22.7 Å². The molecule has 1 amide bonds. The zero-order valence-electron chi connectivity index (χ0n) is 14.8. The molecular weight excluding hydrogens is 368 g/mol. The fourth-order valence-electron chi connectivity index (χ4n) is 2.90. The first-order valence-electron chi connectivity index (χ1n) is 8.52. The smallest absolute Gasteiger partial charge is 0.337 e. The molecule has 0 aliphatic carbocycles. The highest BCUT2D eigenvalue weighted by molar-refractivity contribution is 7.89. The first-order valence-corrected chi connectivity index (χ1v) is 9.96. The minimum atomic E-state index is -3.51. The van der Waals surface area contributed by atoms with Gasteiger partial charge in [0.1, 0.15) is 0 Å². The zero-order valence-corrected chi connectivity index (χ0v) is 15.7. The number of sulfonamides is 1. The number of rotatable bonds is 5. The molecule has 1 aliphatic rings. The lowest BCUT2D eigenvalue weighted by Crippen LogP contribution is -2.27. The summed E-state index contributed by atoms with van der Waals surface area (Å²) in [6, 6.07) is 12.2. The van der Waals surface area contributed by atoms with Crippen molar-refractivity contribution in [2.24, 2.45) is 0 Å². The highest BCUT2D eigenvalue weighted by Gasteiger charge is 2.27. The van der Waals surface area contributed by atoms with E-state index in [4.69, 9.17) is 0 Å². The van der Waals surface area contributed by atoms with Crippen LogP contribution in [0.25, 0.3) is 0 Å². The molecule has 3 rings (SSSR count). The largest absolute Gasteiger partial charge is 0.465 e. The number of carbonyl (C=O) groups excluding carboxylic acids is 2. The van der Waals surface area contributed by atoms with Gasteiger partial charge in [-0.1, -0.05) is 6.07 Å². The Kier molecular flexibility index (Phi) is 5.57. The Morgan fingerprint density at radius 3 is 2.30 bits per heavy atom. The molecule has 1 aliphatic heterocycles. The molecular formula is C19H20N2O5S. The van der Waals surface area contributed by atoms with Crippen molar-refractivity contribution in [3.05, 3.63) is 59.7 Å². The number of anilines is 1. The number of benzene rings is 2. The quantitative estimate of drug-likeness (QED) is 0.795.